The number of benzene rings is 1. The number of aromatic nitrogens is 2. The van der Waals surface area contributed by atoms with Crippen LogP contribution in [0.3, 0.4) is 0 Å². The van der Waals surface area contributed by atoms with Crippen molar-refractivity contribution in [3.05, 3.63) is 36.2 Å². The summed E-state index contributed by atoms with van der Waals surface area (Å²) in [5.41, 5.74) is 1.61. The van der Waals surface area contributed by atoms with E-state index in [9.17, 15) is 4.79 Å². The summed E-state index contributed by atoms with van der Waals surface area (Å²) in [6.07, 6.45) is 3.54. The number of rotatable bonds is 5. The van der Waals surface area contributed by atoms with E-state index < -0.39 is 0 Å². The monoisotopic (exact) mass is 356 g/mol. The van der Waals surface area contributed by atoms with E-state index in [1.54, 1.807) is 32.5 Å². The molecule has 1 N–H and O–H groups in total. The summed E-state index contributed by atoms with van der Waals surface area (Å²) < 4.78 is 10.5. The minimum atomic E-state index is -0.110. The lowest BCUT2D eigenvalue weighted by molar-refractivity contribution is -0.120. The number of carbonyl (C=O) groups is 1. The van der Waals surface area contributed by atoms with E-state index >= 15 is 0 Å². The molecular weight excluding hydrogens is 332 g/mol. The summed E-state index contributed by atoms with van der Waals surface area (Å²) in [4.78, 5) is 23.6. The van der Waals surface area contributed by atoms with Gasteiger partial charge in [0.25, 0.3) is 0 Å². The van der Waals surface area contributed by atoms with Crippen LogP contribution in [0.4, 0.5) is 11.6 Å². The van der Waals surface area contributed by atoms with Gasteiger partial charge in [-0.1, -0.05) is 0 Å². The van der Waals surface area contributed by atoms with Crippen LogP contribution in [0.1, 0.15) is 18.5 Å². The fraction of sp³-hybridized carbons (Fsp3) is 0.421. The minimum Gasteiger partial charge on any atom is -0.493 e. The van der Waals surface area contributed by atoms with Crippen molar-refractivity contribution >= 4 is 17.5 Å². The Kier molecular flexibility index (Phi) is 5.55. The minimum absolute atomic E-state index is 0.00503. The highest BCUT2D eigenvalue weighted by atomic mass is 16.5. The van der Waals surface area contributed by atoms with E-state index in [2.05, 4.69) is 20.2 Å². The first kappa shape index (κ1) is 18.0. The predicted octanol–water partition coefficient (Wildman–Crippen LogP) is 2.66. The molecule has 1 aromatic heterocycles. The van der Waals surface area contributed by atoms with Crippen molar-refractivity contribution in [1.82, 2.24) is 9.97 Å². The van der Waals surface area contributed by atoms with Gasteiger partial charge in [-0.2, -0.15) is 0 Å². The lowest BCUT2D eigenvalue weighted by Crippen LogP contribution is -2.41. The van der Waals surface area contributed by atoms with Crippen molar-refractivity contribution in [2.75, 3.05) is 37.5 Å². The van der Waals surface area contributed by atoms with Gasteiger partial charge in [-0.15, -0.1) is 0 Å². The molecule has 7 nitrogen and oxygen atoms in total. The molecule has 2 aromatic rings. The van der Waals surface area contributed by atoms with Crippen molar-refractivity contribution in [2.45, 2.75) is 19.8 Å². The van der Waals surface area contributed by atoms with Crippen LogP contribution in [0.2, 0.25) is 0 Å². The number of hydrogen-bond acceptors (Lipinski definition) is 6. The zero-order valence-electron chi connectivity index (χ0n) is 15.4. The fourth-order valence-corrected chi connectivity index (χ4v) is 3.12. The van der Waals surface area contributed by atoms with Gasteiger partial charge in [0.1, 0.15) is 0 Å². The maximum atomic E-state index is 12.7. The lowest BCUT2D eigenvalue weighted by atomic mass is 9.97. The Morgan fingerprint density at radius 1 is 1.23 bits per heavy atom. The molecule has 1 aliphatic heterocycles. The van der Waals surface area contributed by atoms with E-state index in [1.165, 1.54) is 0 Å². The molecule has 1 saturated heterocycles. The molecule has 1 fully saturated rings. The van der Waals surface area contributed by atoms with Crippen LogP contribution < -0.4 is 19.7 Å². The molecule has 1 atom stereocenters. The Labute approximate surface area is 153 Å². The number of carbonyl (C=O) groups excluding carboxylic acids is 1. The number of methoxy groups -OCH3 is 2. The molecule has 0 spiro atoms. The van der Waals surface area contributed by atoms with E-state index in [0.29, 0.717) is 29.7 Å². The number of anilines is 2. The first-order valence-corrected chi connectivity index (χ1v) is 8.68. The highest BCUT2D eigenvalue weighted by molar-refractivity contribution is 5.93. The van der Waals surface area contributed by atoms with Gasteiger partial charge in [0.15, 0.2) is 11.5 Å². The third kappa shape index (κ3) is 4.04. The Bertz CT molecular complexity index is 781. The predicted molar refractivity (Wildman–Crippen MR) is 99.9 cm³/mol. The number of nitrogens with zero attached hydrogens (tertiary/aromatic N) is 3. The zero-order valence-corrected chi connectivity index (χ0v) is 15.4. The molecule has 0 radical (unpaired) electrons. The highest BCUT2D eigenvalue weighted by Crippen LogP contribution is 2.30. The van der Waals surface area contributed by atoms with Crippen LogP contribution in [0.5, 0.6) is 11.5 Å². The van der Waals surface area contributed by atoms with Gasteiger partial charge >= 0.3 is 0 Å². The SMILES string of the molecule is COc1ccc(NC(=O)[C@H]2CCCN(c3nccc(C)n3)C2)cc1OC. The number of nitrogens with one attached hydrogen (secondary N) is 1. The largest absolute Gasteiger partial charge is 0.493 e. The van der Waals surface area contributed by atoms with Crippen molar-refractivity contribution in [1.29, 1.82) is 0 Å². The topological polar surface area (TPSA) is 76.6 Å². The second-order valence-corrected chi connectivity index (χ2v) is 6.34. The van der Waals surface area contributed by atoms with Gasteiger partial charge in [-0.3, -0.25) is 4.79 Å². The summed E-state index contributed by atoms with van der Waals surface area (Å²) in [5, 5.41) is 2.98. The molecule has 7 heteroatoms. The highest BCUT2D eigenvalue weighted by Gasteiger charge is 2.27. The van der Waals surface area contributed by atoms with Crippen molar-refractivity contribution in [3.8, 4) is 11.5 Å². The van der Waals surface area contributed by atoms with Gasteiger partial charge < -0.3 is 19.7 Å². The van der Waals surface area contributed by atoms with E-state index in [-0.39, 0.29) is 11.8 Å². The number of hydrogen-bond donors (Lipinski definition) is 1. The summed E-state index contributed by atoms with van der Waals surface area (Å²) in [5.74, 6) is 1.79. The second kappa shape index (κ2) is 8.03. The van der Waals surface area contributed by atoms with E-state index in [4.69, 9.17) is 9.47 Å². The Balaban J connectivity index is 1.68. The molecule has 1 aromatic carbocycles. The molecule has 0 unspecified atom stereocenters. The summed E-state index contributed by atoms with van der Waals surface area (Å²) in [6, 6.07) is 7.22. The third-order valence-electron chi connectivity index (χ3n) is 4.51. The smallest absolute Gasteiger partial charge is 0.229 e. The quantitative estimate of drug-likeness (QED) is 0.888. The Hall–Kier alpha value is -2.83. The first-order chi connectivity index (χ1) is 12.6. The molecule has 1 aliphatic rings. The Morgan fingerprint density at radius 2 is 2.04 bits per heavy atom. The van der Waals surface area contributed by atoms with Crippen LogP contribution in [-0.2, 0) is 4.79 Å². The average molecular weight is 356 g/mol. The zero-order chi connectivity index (χ0) is 18.5. The number of ether oxygens (including phenoxy) is 2. The van der Waals surface area contributed by atoms with Gasteiger partial charge in [0, 0.05) is 36.7 Å². The summed E-state index contributed by atoms with van der Waals surface area (Å²) in [7, 11) is 3.16. The van der Waals surface area contributed by atoms with Crippen LogP contribution in [-0.4, -0.2) is 43.2 Å². The number of aryl methyl sites for hydroxylation is 1. The van der Waals surface area contributed by atoms with Crippen LogP contribution in [0, 0.1) is 12.8 Å². The fourth-order valence-electron chi connectivity index (χ4n) is 3.12. The molecule has 2 heterocycles. The molecular formula is C19H24N4O3. The van der Waals surface area contributed by atoms with Crippen molar-refractivity contribution in [3.63, 3.8) is 0 Å². The maximum absolute atomic E-state index is 12.7. The molecule has 26 heavy (non-hydrogen) atoms. The standard InChI is InChI=1S/C19H24N4O3/c1-13-8-9-20-19(21-13)23-10-4-5-14(12-23)18(24)22-15-6-7-16(25-2)17(11-15)26-3/h6-9,11,14H,4-5,10,12H2,1-3H3,(H,22,24)/t14-/m0/s1. The van der Waals surface area contributed by atoms with E-state index in [1.807, 2.05) is 19.1 Å². The molecule has 0 bridgehead atoms. The van der Waals surface area contributed by atoms with Crippen LogP contribution in [0.15, 0.2) is 30.5 Å². The average Bonchev–Trinajstić information content (AvgIpc) is 2.68. The van der Waals surface area contributed by atoms with Gasteiger partial charge in [0.05, 0.1) is 20.1 Å². The van der Waals surface area contributed by atoms with Gasteiger partial charge in [0.2, 0.25) is 11.9 Å². The summed E-state index contributed by atoms with van der Waals surface area (Å²) in [6.45, 7) is 3.42. The van der Waals surface area contributed by atoms with Crippen molar-refractivity contribution in [2.24, 2.45) is 5.92 Å². The van der Waals surface area contributed by atoms with Crippen LogP contribution >= 0.6 is 0 Å². The van der Waals surface area contributed by atoms with Crippen LogP contribution in [0.25, 0.3) is 0 Å². The lowest BCUT2D eigenvalue weighted by Gasteiger charge is -2.32. The second-order valence-electron chi connectivity index (χ2n) is 6.34. The van der Waals surface area contributed by atoms with Crippen molar-refractivity contribution < 1.29 is 14.3 Å². The number of piperidine rings is 1. The molecule has 3 rings (SSSR count). The van der Waals surface area contributed by atoms with E-state index in [0.717, 1.165) is 25.1 Å². The Morgan fingerprint density at radius 3 is 2.77 bits per heavy atom. The maximum Gasteiger partial charge on any atom is 0.229 e. The first-order valence-electron chi connectivity index (χ1n) is 8.68. The number of amides is 1. The summed E-state index contributed by atoms with van der Waals surface area (Å²) >= 11 is 0. The molecule has 0 aliphatic carbocycles. The third-order valence-corrected chi connectivity index (χ3v) is 4.51. The van der Waals surface area contributed by atoms with Gasteiger partial charge in [-0.25, -0.2) is 9.97 Å². The van der Waals surface area contributed by atoms with Gasteiger partial charge in [-0.05, 0) is 38.0 Å². The molecule has 0 saturated carbocycles. The normalized spacial score (nSPS) is 16.9. The molecule has 138 valence electrons. The molecule has 1 amide bonds.